The van der Waals surface area contributed by atoms with Gasteiger partial charge in [0.2, 0.25) is 0 Å². The minimum atomic E-state index is 0.637. The maximum Gasteiger partial charge on any atom is 0.127 e. The van der Waals surface area contributed by atoms with Crippen LogP contribution in [-0.4, -0.2) is 12.0 Å². The van der Waals surface area contributed by atoms with Crippen LogP contribution >= 0.6 is 0 Å². The summed E-state index contributed by atoms with van der Waals surface area (Å²) < 4.78 is 0. The standard InChI is InChI=1S/C13H12N4/c1-15-13-8-12(5-6-16-13)17-11-4-2-3-10(7-11)9-14/h2-8H,1H3,(H2,15,16,17). The molecule has 0 bridgehead atoms. The summed E-state index contributed by atoms with van der Waals surface area (Å²) in [7, 11) is 1.82. The van der Waals surface area contributed by atoms with Crippen molar-refractivity contribution in [2.24, 2.45) is 0 Å². The molecule has 0 fully saturated rings. The fourth-order valence-corrected chi connectivity index (χ4v) is 1.48. The monoisotopic (exact) mass is 224 g/mol. The molecule has 4 heteroatoms. The highest BCUT2D eigenvalue weighted by Crippen LogP contribution is 2.18. The average molecular weight is 224 g/mol. The van der Waals surface area contributed by atoms with Crippen LogP contribution in [-0.2, 0) is 0 Å². The van der Waals surface area contributed by atoms with E-state index in [-0.39, 0.29) is 0 Å². The molecule has 1 heterocycles. The van der Waals surface area contributed by atoms with Gasteiger partial charge >= 0.3 is 0 Å². The normalized spacial score (nSPS) is 9.41. The molecule has 0 aliphatic rings. The van der Waals surface area contributed by atoms with Gasteiger partial charge in [-0.15, -0.1) is 0 Å². The minimum absolute atomic E-state index is 0.637. The lowest BCUT2D eigenvalue weighted by Crippen LogP contribution is -1.95. The number of aromatic nitrogens is 1. The second-order valence-corrected chi connectivity index (χ2v) is 3.50. The van der Waals surface area contributed by atoms with E-state index in [0.29, 0.717) is 5.56 Å². The van der Waals surface area contributed by atoms with Crippen molar-refractivity contribution in [3.05, 3.63) is 48.2 Å². The van der Waals surface area contributed by atoms with E-state index in [2.05, 4.69) is 21.7 Å². The molecule has 1 aromatic carbocycles. The third kappa shape index (κ3) is 2.73. The van der Waals surface area contributed by atoms with E-state index in [9.17, 15) is 0 Å². The molecular weight excluding hydrogens is 212 g/mol. The molecular formula is C13H12N4. The zero-order valence-electron chi connectivity index (χ0n) is 9.44. The average Bonchev–Trinajstić information content (AvgIpc) is 2.39. The Hall–Kier alpha value is -2.54. The molecule has 84 valence electrons. The molecule has 0 unspecified atom stereocenters. The molecule has 2 N–H and O–H groups in total. The summed E-state index contributed by atoms with van der Waals surface area (Å²) in [5, 5.41) is 15.0. The van der Waals surface area contributed by atoms with Crippen molar-refractivity contribution < 1.29 is 0 Å². The van der Waals surface area contributed by atoms with Crippen LogP contribution in [0.15, 0.2) is 42.6 Å². The van der Waals surface area contributed by atoms with Crippen molar-refractivity contribution in [3.8, 4) is 6.07 Å². The minimum Gasteiger partial charge on any atom is -0.373 e. The highest BCUT2D eigenvalue weighted by molar-refractivity contribution is 5.63. The van der Waals surface area contributed by atoms with E-state index in [1.807, 2.05) is 31.3 Å². The quantitative estimate of drug-likeness (QED) is 0.841. The number of pyridine rings is 1. The zero-order valence-corrected chi connectivity index (χ0v) is 9.44. The molecule has 2 aromatic rings. The van der Waals surface area contributed by atoms with Gasteiger partial charge in [0.25, 0.3) is 0 Å². The van der Waals surface area contributed by atoms with Gasteiger partial charge in [0.1, 0.15) is 5.82 Å². The van der Waals surface area contributed by atoms with Crippen LogP contribution in [0, 0.1) is 11.3 Å². The molecule has 0 atom stereocenters. The lowest BCUT2D eigenvalue weighted by Gasteiger charge is -2.07. The number of nitrogens with zero attached hydrogens (tertiary/aromatic N) is 2. The fourth-order valence-electron chi connectivity index (χ4n) is 1.48. The number of hydrogen-bond acceptors (Lipinski definition) is 4. The van der Waals surface area contributed by atoms with Crippen molar-refractivity contribution in [2.75, 3.05) is 17.7 Å². The molecule has 2 rings (SSSR count). The van der Waals surface area contributed by atoms with Crippen molar-refractivity contribution in [2.45, 2.75) is 0 Å². The Morgan fingerprint density at radius 1 is 1.18 bits per heavy atom. The van der Waals surface area contributed by atoms with Crippen LogP contribution in [0.5, 0.6) is 0 Å². The van der Waals surface area contributed by atoms with E-state index in [0.717, 1.165) is 17.2 Å². The van der Waals surface area contributed by atoms with Gasteiger partial charge < -0.3 is 10.6 Å². The summed E-state index contributed by atoms with van der Waals surface area (Å²) in [6.45, 7) is 0. The number of hydrogen-bond donors (Lipinski definition) is 2. The number of rotatable bonds is 3. The Balaban J connectivity index is 2.22. The first-order valence-electron chi connectivity index (χ1n) is 5.23. The van der Waals surface area contributed by atoms with Gasteiger partial charge in [-0.2, -0.15) is 5.26 Å². The predicted molar refractivity (Wildman–Crippen MR) is 68.2 cm³/mol. The molecule has 0 spiro atoms. The highest BCUT2D eigenvalue weighted by atomic mass is 15.0. The summed E-state index contributed by atoms with van der Waals surface area (Å²) in [6, 6.07) is 13.2. The van der Waals surface area contributed by atoms with E-state index in [4.69, 9.17) is 5.26 Å². The van der Waals surface area contributed by atoms with Gasteiger partial charge in [-0.3, -0.25) is 0 Å². The topological polar surface area (TPSA) is 60.7 Å². The molecule has 4 nitrogen and oxygen atoms in total. The van der Waals surface area contributed by atoms with Crippen LogP contribution in [0.2, 0.25) is 0 Å². The smallest absolute Gasteiger partial charge is 0.127 e. The van der Waals surface area contributed by atoms with Gasteiger partial charge in [-0.25, -0.2) is 4.98 Å². The second-order valence-electron chi connectivity index (χ2n) is 3.50. The van der Waals surface area contributed by atoms with Crippen molar-refractivity contribution in [3.63, 3.8) is 0 Å². The van der Waals surface area contributed by atoms with Crippen LogP contribution in [0.1, 0.15) is 5.56 Å². The maximum atomic E-state index is 8.81. The first kappa shape index (κ1) is 11.0. The first-order chi connectivity index (χ1) is 8.31. The molecule has 0 aliphatic carbocycles. The summed E-state index contributed by atoms with van der Waals surface area (Å²) >= 11 is 0. The lowest BCUT2D eigenvalue weighted by molar-refractivity contribution is 1.28. The number of nitrogens with one attached hydrogen (secondary N) is 2. The molecule has 0 aliphatic heterocycles. The van der Waals surface area contributed by atoms with Crippen molar-refractivity contribution >= 4 is 17.2 Å². The molecule has 0 amide bonds. The first-order valence-corrected chi connectivity index (χ1v) is 5.23. The highest BCUT2D eigenvalue weighted by Gasteiger charge is 1.98. The largest absolute Gasteiger partial charge is 0.373 e. The van der Waals surface area contributed by atoms with Gasteiger partial charge in [-0.1, -0.05) is 6.07 Å². The molecule has 0 saturated heterocycles. The van der Waals surface area contributed by atoms with E-state index in [1.54, 1.807) is 18.3 Å². The fraction of sp³-hybridized carbons (Fsp3) is 0.0769. The number of benzene rings is 1. The summed E-state index contributed by atoms with van der Waals surface area (Å²) in [5.41, 5.74) is 2.45. The Morgan fingerprint density at radius 2 is 2.00 bits per heavy atom. The Bertz CT molecular complexity index is 557. The van der Waals surface area contributed by atoms with Crippen molar-refractivity contribution in [1.82, 2.24) is 4.98 Å². The summed E-state index contributed by atoms with van der Waals surface area (Å²) in [6.07, 6.45) is 1.72. The third-order valence-corrected chi connectivity index (χ3v) is 2.30. The summed E-state index contributed by atoms with van der Waals surface area (Å²) in [5.74, 6) is 0.798. The van der Waals surface area contributed by atoms with E-state index in [1.165, 1.54) is 0 Å². The Morgan fingerprint density at radius 3 is 2.76 bits per heavy atom. The molecule has 0 saturated carbocycles. The zero-order chi connectivity index (χ0) is 12.1. The number of anilines is 3. The Labute approximate surface area is 99.9 Å². The van der Waals surface area contributed by atoms with Crippen LogP contribution in [0.3, 0.4) is 0 Å². The van der Waals surface area contributed by atoms with Gasteiger partial charge in [0.15, 0.2) is 0 Å². The third-order valence-electron chi connectivity index (χ3n) is 2.30. The van der Waals surface area contributed by atoms with E-state index < -0.39 is 0 Å². The lowest BCUT2D eigenvalue weighted by atomic mass is 10.2. The van der Waals surface area contributed by atoms with Crippen LogP contribution in [0.25, 0.3) is 0 Å². The summed E-state index contributed by atoms with van der Waals surface area (Å²) in [4.78, 5) is 4.13. The second kappa shape index (κ2) is 4.99. The molecule has 17 heavy (non-hydrogen) atoms. The maximum absolute atomic E-state index is 8.81. The van der Waals surface area contributed by atoms with Gasteiger partial charge in [0, 0.05) is 30.7 Å². The van der Waals surface area contributed by atoms with Crippen molar-refractivity contribution in [1.29, 1.82) is 5.26 Å². The predicted octanol–water partition coefficient (Wildman–Crippen LogP) is 2.74. The van der Waals surface area contributed by atoms with Crippen LogP contribution < -0.4 is 10.6 Å². The van der Waals surface area contributed by atoms with Gasteiger partial charge in [-0.05, 0) is 24.3 Å². The molecule has 0 radical (unpaired) electrons. The van der Waals surface area contributed by atoms with Gasteiger partial charge in [0.05, 0.1) is 11.6 Å². The SMILES string of the molecule is CNc1cc(Nc2cccc(C#N)c2)ccn1. The molecule has 1 aromatic heterocycles. The number of nitriles is 1. The van der Waals surface area contributed by atoms with E-state index >= 15 is 0 Å². The Kier molecular flexibility index (Phi) is 3.22. The van der Waals surface area contributed by atoms with Crippen LogP contribution in [0.4, 0.5) is 17.2 Å².